The SMILES string of the molecule is CCCCOC[C@@H]1[C@@H](OCCCC)[C@H](OCCCC)[C@@H](OCCCC)[C@H](c2ccc(C)c(Cc3ccc(-c4ccc(F)cc4)s3)c2)C1(F)F. The van der Waals surface area contributed by atoms with E-state index in [1.165, 1.54) is 12.1 Å². The molecule has 0 bridgehead atoms. The molecule has 0 amide bonds. The second-order valence-electron chi connectivity index (χ2n) is 13.4. The Morgan fingerprint density at radius 3 is 1.92 bits per heavy atom. The Hall–Kier alpha value is -2.23. The monoisotopic (exact) mass is 702 g/mol. The van der Waals surface area contributed by atoms with Crippen molar-refractivity contribution >= 4 is 11.3 Å². The number of thiophene rings is 1. The highest BCUT2D eigenvalue weighted by atomic mass is 32.1. The summed E-state index contributed by atoms with van der Waals surface area (Å²) in [5.74, 6) is -5.88. The van der Waals surface area contributed by atoms with Gasteiger partial charge in [0.1, 0.15) is 11.9 Å². The Bertz CT molecular complexity index is 1380. The van der Waals surface area contributed by atoms with Crippen LogP contribution >= 0.6 is 11.3 Å². The van der Waals surface area contributed by atoms with E-state index in [1.54, 1.807) is 23.5 Å². The smallest absolute Gasteiger partial charge is 0.265 e. The summed E-state index contributed by atoms with van der Waals surface area (Å²) in [5, 5.41) is 0. The van der Waals surface area contributed by atoms with Gasteiger partial charge < -0.3 is 18.9 Å². The molecule has 0 unspecified atom stereocenters. The third kappa shape index (κ3) is 10.6. The predicted molar refractivity (Wildman–Crippen MR) is 195 cm³/mol. The average molecular weight is 703 g/mol. The lowest BCUT2D eigenvalue weighted by atomic mass is 9.69. The van der Waals surface area contributed by atoms with E-state index in [2.05, 4.69) is 33.8 Å². The van der Waals surface area contributed by atoms with Crippen LogP contribution < -0.4 is 0 Å². The average Bonchev–Trinajstić information content (AvgIpc) is 3.55. The second kappa shape index (κ2) is 20.0. The van der Waals surface area contributed by atoms with E-state index in [9.17, 15) is 4.39 Å². The first kappa shape index (κ1) is 39.6. The highest BCUT2D eigenvalue weighted by Gasteiger charge is 2.63. The van der Waals surface area contributed by atoms with Gasteiger partial charge in [0.2, 0.25) is 0 Å². The molecule has 2 aromatic carbocycles. The lowest BCUT2D eigenvalue weighted by Gasteiger charge is -2.50. The number of rotatable bonds is 21. The first-order valence-electron chi connectivity index (χ1n) is 18.5. The molecule has 0 N–H and O–H groups in total. The molecular weight excluding hydrogens is 646 g/mol. The fourth-order valence-electron chi connectivity index (χ4n) is 6.54. The van der Waals surface area contributed by atoms with Gasteiger partial charge in [-0.05, 0) is 79.1 Å². The Labute approximate surface area is 296 Å². The number of benzene rings is 2. The van der Waals surface area contributed by atoms with Crippen molar-refractivity contribution in [2.75, 3.05) is 33.0 Å². The topological polar surface area (TPSA) is 36.9 Å². The second-order valence-corrected chi connectivity index (χ2v) is 14.6. The molecule has 49 heavy (non-hydrogen) atoms. The first-order valence-corrected chi connectivity index (χ1v) is 19.3. The summed E-state index contributed by atoms with van der Waals surface area (Å²) < 4.78 is 73.7. The summed E-state index contributed by atoms with van der Waals surface area (Å²) >= 11 is 1.64. The van der Waals surface area contributed by atoms with Crippen molar-refractivity contribution < 1.29 is 32.1 Å². The fraction of sp³-hybridized carbons (Fsp3) is 0.610. The van der Waals surface area contributed by atoms with E-state index in [-0.39, 0.29) is 12.4 Å². The Morgan fingerprint density at radius 2 is 1.29 bits per heavy atom. The lowest BCUT2D eigenvalue weighted by Crippen LogP contribution is -2.63. The van der Waals surface area contributed by atoms with E-state index in [0.29, 0.717) is 38.4 Å². The quantitative estimate of drug-likeness (QED) is 0.104. The summed E-state index contributed by atoms with van der Waals surface area (Å²) in [6, 6.07) is 16.4. The molecule has 0 saturated heterocycles. The summed E-state index contributed by atoms with van der Waals surface area (Å²) in [6.45, 7) is 11.9. The lowest BCUT2D eigenvalue weighted by molar-refractivity contribution is -0.265. The van der Waals surface area contributed by atoms with Crippen molar-refractivity contribution in [3.05, 3.63) is 82.0 Å². The summed E-state index contributed by atoms with van der Waals surface area (Å²) in [4.78, 5) is 2.15. The molecule has 1 aliphatic carbocycles. The van der Waals surface area contributed by atoms with Gasteiger partial charge >= 0.3 is 0 Å². The van der Waals surface area contributed by atoms with Crippen molar-refractivity contribution in [2.45, 2.75) is 123 Å². The third-order valence-corrected chi connectivity index (χ3v) is 10.7. The van der Waals surface area contributed by atoms with Gasteiger partial charge in [-0.25, -0.2) is 13.2 Å². The molecule has 0 radical (unpaired) electrons. The molecule has 1 saturated carbocycles. The first-order chi connectivity index (χ1) is 23.7. The molecule has 4 nitrogen and oxygen atoms in total. The fourth-order valence-corrected chi connectivity index (χ4v) is 7.57. The van der Waals surface area contributed by atoms with Gasteiger partial charge in [-0.1, -0.05) is 83.7 Å². The highest BCUT2D eigenvalue weighted by molar-refractivity contribution is 7.15. The van der Waals surface area contributed by atoms with Gasteiger partial charge in [-0.3, -0.25) is 0 Å². The van der Waals surface area contributed by atoms with Gasteiger partial charge in [0.05, 0.1) is 30.7 Å². The molecule has 3 aromatic rings. The summed E-state index contributed by atoms with van der Waals surface area (Å²) in [5.41, 5.74) is 3.54. The zero-order chi connectivity index (χ0) is 35.2. The summed E-state index contributed by atoms with van der Waals surface area (Å²) in [6.07, 6.45) is 5.06. The third-order valence-electron chi connectivity index (χ3n) is 9.53. The van der Waals surface area contributed by atoms with Gasteiger partial charge in [0, 0.05) is 42.6 Å². The molecule has 1 aromatic heterocycles. The van der Waals surface area contributed by atoms with E-state index in [1.807, 2.05) is 31.2 Å². The Kier molecular flexibility index (Phi) is 16.1. The Balaban J connectivity index is 1.74. The van der Waals surface area contributed by atoms with E-state index in [4.69, 9.17) is 18.9 Å². The largest absolute Gasteiger partial charge is 0.381 e. The van der Waals surface area contributed by atoms with Crippen molar-refractivity contribution in [2.24, 2.45) is 5.92 Å². The normalized spacial score (nSPS) is 22.1. The molecule has 1 heterocycles. The maximum Gasteiger partial charge on any atom is 0.265 e. The van der Waals surface area contributed by atoms with Crippen LogP contribution in [0.1, 0.15) is 107 Å². The minimum atomic E-state index is -3.18. The van der Waals surface area contributed by atoms with Crippen LogP contribution in [0.5, 0.6) is 0 Å². The Morgan fingerprint density at radius 1 is 0.694 bits per heavy atom. The van der Waals surface area contributed by atoms with Crippen LogP contribution in [0, 0.1) is 18.7 Å². The van der Waals surface area contributed by atoms with Crippen molar-refractivity contribution in [3.63, 3.8) is 0 Å². The molecule has 5 atom stereocenters. The zero-order valence-corrected chi connectivity index (χ0v) is 31.0. The van der Waals surface area contributed by atoms with Gasteiger partial charge in [0.15, 0.2) is 0 Å². The number of hydrogen-bond acceptors (Lipinski definition) is 5. The van der Waals surface area contributed by atoms with Crippen molar-refractivity contribution in [3.8, 4) is 10.4 Å². The van der Waals surface area contributed by atoms with E-state index in [0.717, 1.165) is 77.8 Å². The van der Waals surface area contributed by atoms with E-state index < -0.39 is 36.1 Å². The van der Waals surface area contributed by atoms with Crippen molar-refractivity contribution in [1.82, 2.24) is 0 Å². The molecule has 1 aliphatic rings. The minimum absolute atomic E-state index is 0.102. The van der Waals surface area contributed by atoms with Gasteiger partial charge in [0.25, 0.3) is 5.92 Å². The maximum atomic E-state index is 17.4. The van der Waals surface area contributed by atoms with Crippen LogP contribution in [0.4, 0.5) is 13.2 Å². The molecule has 8 heteroatoms. The molecule has 0 spiro atoms. The summed E-state index contributed by atoms with van der Waals surface area (Å²) in [7, 11) is 0. The number of hydrogen-bond donors (Lipinski definition) is 0. The van der Waals surface area contributed by atoms with E-state index >= 15 is 8.78 Å². The molecule has 1 fully saturated rings. The number of ether oxygens (including phenoxy) is 4. The minimum Gasteiger partial charge on any atom is -0.381 e. The highest BCUT2D eigenvalue weighted by Crippen LogP contribution is 2.52. The molecule has 4 rings (SSSR count). The molecule has 272 valence electrons. The predicted octanol–water partition coefficient (Wildman–Crippen LogP) is 11.2. The molecule has 0 aliphatic heterocycles. The van der Waals surface area contributed by atoms with Crippen LogP contribution in [-0.4, -0.2) is 57.3 Å². The number of unbranched alkanes of at least 4 members (excludes halogenated alkanes) is 4. The van der Waals surface area contributed by atoms with Crippen molar-refractivity contribution in [1.29, 1.82) is 0 Å². The standard InChI is InChI=1S/C41H57F3O4S/c1-6-10-22-45-28-35-38(46-23-11-7-2)40(48-25-13-9-4)39(47-24-12-8-3)37(41(35,43)44)31-15-14-29(5)32(26-31)27-34-20-21-36(49-34)30-16-18-33(42)19-17-30/h14-21,26,35,37-40H,6-13,22-25,27-28H2,1-5H3/t35-,37+,38-,39+,40+/m1/s1. The van der Waals surface area contributed by atoms with Crippen LogP contribution in [-0.2, 0) is 25.4 Å². The number of aryl methyl sites for hydroxylation is 1. The number of alkyl halides is 2. The van der Waals surface area contributed by atoms with Gasteiger partial charge in [-0.15, -0.1) is 11.3 Å². The maximum absolute atomic E-state index is 17.4. The van der Waals surface area contributed by atoms with Crippen LogP contribution in [0.2, 0.25) is 0 Å². The molecular formula is C41H57F3O4S. The number of halogens is 3. The van der Waals surface area contributed by atoms with Crippen LogP contribution in [0.15, 0.2) is 54.6 Å². The van der Waals surface area contributed by atoms with Crippen LogP contribution in [0.25, 0.3) is 10.4 Å². The van der Waals surface area contributed by atoms with Crippen LogP contribution in [0.3, 0.4) is 0 Å². The zero-order valence-electron chi connectivity index (χ0n) is 30.2. The van der Waals surface area contributed by atoms with Gasteiger partial charge in [-0.2, -0.15) is 0 Å².